The lowest BCUT2D eigenvalue weighted by atomic mass is 10.1. The minimum Gasteiger partial charge on any atom is -0.366 e. The second-order valence-electron chi connectivity index (χ2n) is 7.50. The largest absolute Gasteiger partial charge is 0.366 e. The molecular formula is C26H23N5O2. The summed E-state index contributed by atoms with van der Waals surface area (Å²) in [7, 11) is 0. The molecule has 0 unspecified atom stereocenters. The van der Waals surface area contributed by atoms with Gasteiger partial charge in [-0.15, -0.1) is 0 Å². The van der Waals surface area contributed by atoms with Crippen molar-refractivity contribution in [2.24, 2.45) is 5.73 Å². The summed E-state index contributed by atoms with van der Waals surface area (Å²) in [5.74, 6) is 0.606. The molecule has 0 radical (unpaired) electrons. The maximum Gasteiger partial charge on any atom is 0.251 e. The molecule has 0 aliphatic carbocycles. The number of rotatable bonds is 7. The molecule has 164 valence electrons. The quantitative estimate of drug-likeness (QED) is 0.401. The third-order valence-corrected chi connectivity index (χ3v) is 5.00. The highest BCUT2D eigenvalue weighted by Gasteiger charge is 2.09. The van der Waals surface area contributed by atoms with Crippen LogP contribution >= 0.6 is 0 Å². The fourth-order valence-electron chi connectivity index (χ4n) is 3.35. The van der Waals surface area contributed by atoms with Crippen LogP contribution in [0.2, 0.25) is 0 Å². The lowest BCUT2D eigenvalue weighted by Crippen LogP contribution is -2.23. The first-order valence-corrected chi connectivity index (χ1v) is 10.4. The van der Waals surface area contributed by atoms with Gasteiger partial charge in [-0.3, -0.25) is 9.59 Å². The van der Waals surface area contributed by atoms with Crippen molar-refractivity contribution in [3.05, 3.63) is 107 Å². The van der Waals surface area contributed by atoms with E-state index in [1.54, 1.807) is 36.4 Å². The molecule has 1 heterocycles. The molecule has 7 heteroatoms. The van der Waals surface area contributed by atoms with E-state index in [9.17, 15) is 9.59 Å². The maximum atomic E-state index is 12.7. The average molecular weight is 438 g/mol. The summed E-state index contributed by atoms with van der Waals surface area (Å²) in [5.41, 5.74) is 9.63. The van der Waals surface area contributed by atoms with E-state index in [4.69, 9.17) is 5.73 Å². The van der Waals surface area contributed by atoms with E-state index in [0.29, 0.717) is 29.3 Å². The van der Waals surface area contributed by atoms with Gasteiger partial charge in [0.2, 0.25) is 5.91 Å². The van der Waals surface area contributed by atoms with Crippen LogP contribution in [0.1, 0.15) is 32.1 Å². The van der Waals surface area contributed by atoms with E-state index in [1.165, 1.54) is 0 Å². The van der Waals surface area contributed by atoms with Crippen LogP contribution in [-0.4, -0.2) is 21.8 Å². The normalized spacial score (nSPS) is 10.5. The van der Waals surface area contributed by atoms with Gasteiger partial charge in [0.15, 0.2) is 0 Å². The van der Waals surface area contributed by atoms with Crippen molar-refractivity contribution >= 4 is 23.3 Å². The van der Waals surface area contributed by atoms with E-state index in [0.717, 1.165) is 22.5 Å². The molecule has 0 atom stereocenters. The molecule has 0 bridgehead atoms. The Morgan fingerprint density at radius 1 is 0.848 bits per heavy atom. The van der Waals surface area contributed by atoms with E-state index in [1.807, 2.05) is 55.5 Å². The Kier molecular flexibility index (Phi) is 6.40. The lowest BCUT2D eigenvalue weighted by molar-refractivity contribution is 0.0949. The predicted octanol–water partition coefficient (Wildman–Crippen LogP) is 4.22. The summed E-state index contributed by atoms with van der Waals surface area (Å²) in [5, 5.41) is 6.15. The van der Waals surface area contributed by atoms with Crippen LogP contribution in [0, 0.1) is 6.92 Å². The molecule has 4 rings (SSSR count). The Bertz CT molecular complexity index is 1290. The molecule has 33 heavy (non-hydrogen) atoms. The molecule has 0 fully saturated rings. The first-order chi connectivity index (χ1) is 16.0. The topological polar surface area (TPSA) is 110 Å². The van der Waals surface area contributed by atoms with Gasteiger partial charge in [-0.1, -0.05) is 48.5 Å². The molecule has 1 aromatic heterocycles. The minimum absolute atomic E-state index is 0.207. The van der Waals surface area contributed by atoms with Crippen LogP contribution in [-0.2, 0) is 6.54 Å². The number of aromatic nitrogens is 2. The van der Waals surface area contributed by atoms with Gasteiger partial charge in [0.1, 0.15) is 11.6 Å². The zero-order valence-electron chi connectivity index (χ0n) is 18.1. The third kappa shape index (κ3) is 5.59. The first kappa shape index (κ1) is 21.7. The Labute approximate surface area is 191 Å². The lowest BCUT2D eigenvalue weighted by Gasteiger charge is -2.11. The van der Waals surface area contributed by atoms with E-state index < -0.39 is 5.91 Å². The molecule has 3 aromatic carbocycles. The molecule has 7 nitrogen and oxygen atoms in total. The summed E-state index contributed by atoms with van der Waals surface area (Å²) >= 11 is 0. The summed E-state index contributed by atoms with van der Waals surface area (Å²) < 4.78 is 0. The molecule has 0 saturated carbocycles. The van der Waals surface area contributed by atoms with Gasteiger partial charge in [0.25, 0.3) is 5.91 Å². The summed E-state index contributed by atoms with van der Waals surface area (Å²) in [6.07, 6.45) is 0. The van der Waals surface area contributed by atoms with Crippen molar-refractivity contribution in [2.45, 2.75) is 13.5 Å². The highest BCUT2D eigenvalue weighted by molar-refractivity contribution is 5.95. The SMILES string of the molecule is Cc1nc(Nc2cccc(C(=O)NCc3ccc(C(N)=O)cc3)c2)cc(-c2ccccc2)n1. The number of carbonyl (C=O) groups is 2. The second-order valence-corrected chi connectivity index (χ2v) is 7.50. The number of benzene rings is 3. The van der Waals surface area contributed by atoms with Gasteiger partial charge in [0.05, 0.1) is 5.69 Å². The van der Waals surface area contributed by atoms with Gasteiger partial charge in [0, 0.05) is 35.0 Å². The molecule has 0 spiro atoms. The summed E-state index contributed by atoms with van der Waals surface area (Å²) in [4.78, 5) is 32.8. The number of nitrogens with two attached hydrogens (primary N) is 1. The first-order valence-electron chi connectivity index (χ1n) is 10.4. The second kappa shape index (κ2) is 9.74. The number of nitrogens with one attached hydrogen (secondary N) is 2. The molecule has 0 saturated heterocycles. The number of carbonyl (C=O) groups excluding carboxylic acids is 2. The van der Waals surface area contributed by atoms with Crippen molar-refractivity contribution in [1.82, 2.24) is 15.3 Å². The van der Waals surface area contributed by atoms with Gasteiger partial charge < -0.3 is 16.4 Å². The molecule has 2 amide bonds. The Morgan fingerprint density at radius 2 is 1.61 bits per heavy atom. The van der Waals surface area contributed by atoms with Crippen molar-refractivity contribution in [3.8, 4) is 11.3 Å². The Hall–Kier alpha value is -4.52. The van der Waals surface area contributed by atoms with Crippen LogP contribution in [0.4, 0.5) is 11.5 Å². The standard InChI is InChI=1S/C26H23N5O2/c1-17-29-23(19-6-3-2-4-7-19)15-24(30-17)31-22-9-5-8-21(14-22)26(33)28-16-18-10-12-20(13-11-18)25(27)32/h2-15H,16H2,1H3,(H2,27,32)(H,28,33)(H,29,30,31). The molecule has 4 aromatic rings. The Balaban J connectivity index is 1.45. The number of amides is 2. The number of hydrogen-bond acceptors (Lipinski definition) is 5. The monoisotopic (exact) mass is 437 g/mol. The minimum atomic E-state index is -0.482. The molecule has 4 N–H and O–H groups in total. The molecule has 0 aliphatic rings. The van der Waals surface area contributed by atoms with Crippen LogP contribution in [0.5, 0.6) is 0 Å². The molecule has 0 aliphatic heterocycles. The van der Waals surface area contributed by atoms with Crippen molar-refractivity contribution in [3.63, 3.8) is 0 Å². The number of primary amides is 1. The fourth-order valence-corrected chi connectivity index (χ4v) is 3.35. The van der Waals surface area contributed by atoms with Crippen LogP contribution < -0.4 is 16.4 Å². The van der Waals surface area contributed by atoms with E-state index >= 15 is 0 Å². The van der Waals surface area contributed by atoms with E-state index in [2.05, 4.69) is 20.6 Å². The molecular weight excluding hydrogens is 414 g/mol. The highest BCUT2D eigenvalue weighted by Crippen LogP contribution is 2.22. The summed E-state index contributed by atoms with van der Waals surface area (Å²) in [6, 6.07) is 25.8. The number of hydrogen-bond donors (Lipinski definition) is 3. The van der Waals surface area contributed by atoms with Gasteiger partial charge >= 0.3 is 0 Å². The fraction of sp³-hybridized carbons (Fsp3) is 0.0769. The van der Waals surface area contributed by atoms with Crippen molar-refractivity contribution in [2.75, 3.05) is 5.32 Å². The van der Waals surface area contributed by atoms with Crippen LogP contribution in [0.25, 0.3) is 11.3 Å². The maximum absolute atomic E-state index is 12.7. The van der Waals surface area contributed by atoms with Gasteiger partial charge in [-0.05, 0) is 42.8 Å². The average Bonchev–Trinajstić information content (AvgIpc) is 2.83. The highest BCUT2D eigenvalue weighted by atomic mass is 16.2. The Morgan fingerprint density at radius 3 is 2.33 bits per heavy atom. The van der Waals surface area contributed by atoms with Crippen LogP contribution in [0.3, 0.4) is 0 Å². The smallest absolute Gasteiger partial charge is 0.251 e. The number of aryl methyl sites for hydroxylation is 1. The van der Waals surface area contributed by atoms with Gasteiger partial charge in [-0.25, -0.2) is 9.97 Å². The van der Waals surface area contributed by atoms with Crippen molar-refractivity contribution in [1.29, 1.82) is 0 Å². The number of anilines is 2. The van der Waals surface area contributed by atoms with Gasteiger partial charge in [-0.2, -0.15) is 0 Å². The predicted molar refractivity (Wildman–Crippen MR) is 128 cm³/mol. The van der Waals surface area contributed by atoms with E-state index in [-0.39, 0.29) is 5.91 Å². The van der Waals surface area contributed by atoms with Crippen molar-refractivity contribution < 1.29 is 9.59 Å². The zero-order chi connectivity index (χ0) is 23.2. The zero-order valence-corrected chi connectivity index (χ0v) is 18.1. The summed E-state index contributed by atoms with van der Waals surface area (Å²) in [6.45, 7) is 2.18. The number of nitrogens with zero attached hydrogens (tertiary/aromatic N) is 2. The van der Waals surface area contributed by atoms with Crippen LogP contribution in [0.15, 0.2) is 84.9 Å². The third-order valence-electron chi connectivity index (χ3n) is 5.00.